The minimum atomic E-state index is -0.750. The van der Waals surface area contributed by atoms with Crippen LogP contribution in [0.1, 0.15) is 0 Å². The van der Waals surface area contributed by atoms with Crippen molar-refractivity contribution < 1.29 is 14.7 Å². The molecule has 0 radical (unpaired) electrons. The molecule has 0 aromatic rings. The fourth-order valence-corrected chi connectivity index (χ4v) is 0.598. The summed E-state index contributed by atoms with van der Waals surface area (Å²) in [7, 11) is 0. The van der Waals surface area contributed by atoms with E-state index in [-0.39, 0.29) is 9.80 Å². The van der Waals surface area contributed by atoms with E-state index in [1.54, 1.807) is 0 Å². The number of hydrogen-bond donors (Lipinski definition) is 3. The molecule has 5 N–H and O–H groups in total. The number of rotatable bonds is 0. The van der Waals surface area contributed by atoms with Crippen LogP contribution >= 0.6 is 0 Å². The molecule has 1 aliphatic rings. The van der Waals surface area contributed by atoms with Gasteiger partial charge >= 0.3 is 17.7 Å². The van der Waals surface area contributed by atoms with Crippen molar-refractivity contribution in [2.75, 3.05) is 0 Å². The van der Waals surface area contributed by atoms with Crippen molar-refractivity contribution in [2.45, 2.75) is 0 Å². The summed E-state index contributed by atoms with van der Waals surface area (Å²) < 4.78 is -0.0939. The lowest BCUT2D eigenvalue weighted by Gasteiger charge is -2.19. The van der Waals surface area contributed by atoms with Crippen molar-refractivity contribution >= 4 is 17.9 Å². The lowest BCUT2D eigenvalue weighted by Crippen LogP contribution is -2.44. The first-order valence-corrected chi connectivity index (χ1v) is 2.76. The summed E-state index contributed by atoms with van der Waals surface area (Å²) >= 11 is 0. The van der Waals surface area contributed by atoms with Gasteiger partial charge in [0, 0.05) is 0 Å². The minimum absolute atomic E-state index is 0.0936. The maximum Gasteiger partial charge on any atom is 0.349 e. The number of hydroxylamine groups is 3. The zero-order chi connectivity index (χ0) is 9.30. The van der Waals surface area contributed by atoms with Gasteiger partial charge in [0.1, 0.15) is 0 Å². The number of guanidine groups is 2. The van der Waals surface area contributed by atoms with Gasteiger partial charge in [-0.15, -0.1) is 0 Å². The molecule has 1 heterocycles. The summed E-state index contributed by atoms with van der Waals surface area (Å²) in [6, 6.07) is 0. The quantitative estimate of drug-likeness (QED) is 0.210. The van der Waals surface area contributed by atoms with E-state index in [1.807, 2.05) is 0 Å². The third-order valence-electron chi connectivity index (χ3n) is 1.14. The largest absolute Gasteiger partial charge is 0.753 e. The van der Waals surface area contributed by atoms with Gasteiger partial charge in [0.2, 0.25) is 0 Å². The van der Waals surface area contributed by atoms with Crippen molar-refractivity contribution in [1.29, 1.82) is 0 Å². The number of aliphatic imine (C=N–C) groups is 1. The zero-order valence-electron chi connectivity index (χ0n) is 5.76. The summed E-state index contributed by atoms with van der Waals surface area (Å²) in [6.07, 6.45) is 0. The highest BCUT2D eigenvalue weighted by Crippen LogP contribution is 2.02. The van der Waals surface area contributed by atoms with Crippen molar-refractivity contribution in [3.05, 3.63) is 11.0 Å². The molecule has 0 fully saturated rings. The van der Waals surface area contributed by atoms with Crippen LogP contribution in [0.25, 0.3) is 0 Å². The van der Waals surface area contributed by atoms with E-state index >= 15 is 0 Å². The first-order chi connectivity index (χ1) is 5.57. The van der Waals surface area contributed by atoms with Gasteiger partial charge in [-0.05, 0) is 0 Å². The maximum absolute atomic E-state index is 10.8. The van der Waals surface area contributed by atoms with Gasteiger partial charge in [-0.1, -0.05) is 10.1 Å². The second-order valence-electron chi connectivity index (χ2n) is 1.86. The first-order valence-electron chi connectivity index (χ1n) is 2.76. The molecule has 0 aromatic heterocycles. The SMILES string of the molecule is NC1=NC(N)=[N+]([O-])C(=C=O)N1O. The Morgan fingerprint density at radius 2 is 2.25 bits per heavy atom. The Bertz CT molecular complexity index is 326. The van der Waals surface area contributed by atoms with Crippen LogP contribution in [0.5, 0.6) is 0 Å². The highest BCUT2D eigenvalue weighted by Gasteiger charge is 2.26. The molecule has 0 bridgehead atoms. The van der Waals surface area contributed by atoms with Crippen LogP contribution < -0.4 is 11.5 Å². The second-order valence-corrected chi connectivity index (χ2v) is 1.86. The number of carbonyl (C=O) groups excluding carboxylic acids is 1. The minimum Gasteiger partial charge on any atom is -0.753 e. The lowest BCUT2D eigenvalue weighted by molar-refractivity contribution is -0.438. The van der Waals surface area contributed by atoms with Crippen LogP contribution in [0.2, 0.25) is 0 Å². The van der Waals surface area contributed by atoms with E-state index in [0.29, 0.717) is 0 Å². The van der Waals surface area contributed by atoms with E-state index in [2.05, 4.69) is 4.99 Å². The highest BCUT2D eigenvalue weighted by atomic mass is 16.5. The van der Waals surface area contributed by atoms with Crippen LogP contribution in [0.3, 0.4) is 0 Å². The zero-order valence-corrected chi connectivity index (χ0v) is 5.76. The van der Waals surface area contributed by atoms with Gasteiger partial charge in [-0.3, -0.25) is 0 Å². The molecule has 1 rings (SSSR count). The summed E-state index contributed by atoms with van der Waals surface area (Å²) in [6.45, 7) is 0. The molecule has 8 heteroatoms. The maximum atomic E-state index is 10.8. The fourth-order valence-electron chi connectivity index (χ4n) is 0.598. The Hall–Kier alpha value is -2.05. The predicted octanol–water partition coefficient (Wildman–Crippen LogP) is -2.50. The summed E-state index contributed by atoms with van der Waals surface area (Å²) in [5.41, 5.74) is 10.1. The second kappa shape index (κ2) is 2.53. The van der Waals surface area contributed by atoms with E-state index in [9.17, 15) is 10.0 Å². The van der Waals surface area contributed by atoms with Crippen LogP contribution in [0.15, 0.2) is 10.8 Å². The monoisotopic (exact) mass is 171 g/mol. The van der Waals surface area contributed by atoms with Gasteiger partial charge < -0.3 is 16.7 Å². The Kier molecular flexibility index (Phi) is 1.70. The van der Waals surface area contributed by atoms with Crippen molar-refractivity contribution in [3.8, 4) is 0 Å². The molecule has 0 unspecified atom stereocenters. The predicted molar refractivity (Wildman–Crippen MR) is 37.3 cm³/mol. The van der Waals surface area contributed by atoms with E-state index in [4.69, 9.17) is 16.7 Å². The molecule has 1 aliphatic heterocycles. The molecule has 0 spiro atoms. The van der Waals surface area contributed by atoms with E-state index in [1.165, 1.54) is 0 Å². The number of nitrogens with zero attached hydrogens (tertiary/aromatic N) is 3. The lowest BCUT2D eigenvalue weighted by atomic mass is 10.6. The molecule has 0 atom stereocenters. The normalized spacial score (nSPS) is 17.6. The van der Waals surface area contributed by atoms with Crippen LogP contribution in [-0.2, 0) is 4.79 Å². The molecule has 8 nitrogen and oxygen atoms in total. The van der Waals surface area contributed by atoms with Crippen molar-refractivity contribution in [3.63, 3.8) is 0 Å². The van der Waals surface area contributed by atoms with E-state index < -0.39 is 17.7 Å². The Morgan fingerprint density at radius 3 is 2.75 bits per heavy atom. The molecule has 0 saturated carbocycles. The summed E-state index contributed by atoms with van der Waals surface area (Å²) in [4.78, 5) is 13.3. The summed E-state index contributed by atoms with van der Waals surface area (Å²) in [5, 5.41) is 19.8. The van der Waals surface area contributed by atoms with E-state index in [0.717, 1.165) is 5.94 Å². The average molecular weight is 171 g/mol. The van der Waals surface area contributed by atoms with Gasteiger partial charge in [0.05, 0.1) is 0 Å². The molecule has 0 aromatic carbocycles. The standard InChI is InChI=1S/C4H5N5O3/c5-3-7-4(6)9(12)2(1-10)8(3)11/h12H,5H2,(H2,6,7). The molecule has 64 valence electrons. The topological polar surface area (TPSA) is 131 Å². The average Bonchev–Trinajstić information content (AvgIpc) is 2.02. The number of nitrogens with two attached hydrogens (primary N) is 2. The Morgan fingerprint density at radius 1 is 1.67 bits per heavy atom. The summed E-state index contributed by atoms with van der Waals surface area (Å²) in [5.74, 6) is -0.583. The first kappa shape index (κ1) is 8.05. The Balaban J connectivity index is 3.27. The molecular weight excluding hydrogens is 166 g/mol. The van der Waals surface area contributed by atoms with Crippen molar-refractivity contribution in [1.82, 2.24) is 5.06 Å². The molecule has 0 amide bonds. The third-order valence-corrected chi connectivity index (χ3v) is 1.14. The molecule has 0 aliphatic carbocycles. The molecular formula is C4H5N5O3. The highest BCUT2D eigenvalue weighted by molar-refractivity contribution is 5.93. The van der Waals surface area contributed by atoms with Gasteiger partial charge in [-0.25, -0.2) is 14.7 Å². The van der Waals surface area contributed by atoms with Gasteiger partial charge in [-0.2, -0.15) is 0 Å². The van der Waals surface area contributed by atoms with Gasteiger partial charge in [0.15, 0.2) is 5.94 Å². The van der Waals surface area contributed by atoms with Gasteiger partial charge in [0.25, 0.3) is 0 Å². The molecule has 0 saturated heterocycles. The number of hydrogen-bond acceptors (Lipinski definition) is 7. The Labute approximate surface area is 66.2 Å². The molecule has 12 heavy (non-hydrogen) atoms. The smallest absolute Gasteiger partial charge is 0.349 e. The van der Waals surface area contributed by atoms with Crippen LogP contribution in [0, 0.1) is 5.21 Å². The fraction of sp³-hybridized carbons (Fsp3) is 0. The van der Waals surface area contributed by atoms with Crippen LogP contribution in [-0.4, -0.2) is 32.9 Å². The van der Waals surface area contributed by atoms with Crippen molar-refractivity contribution in [2.24, 2.45) is 16.5 Å². The third kappa shape index (κ3) is 0.965. The van der Waals surface area contributed by atoms with Crippen LogP contribution in [0.4, 0.5) is 0 Å².